The van der Waals surface area contributed by atoms with Crippen molar-refractivity contribution in [2.45, 2.75) is 0 Å². The molecule has 0 spiro atoms. The van der Waals surface area contributed by atoms with Crippen molar-refractivity contribution in [3.05, 3.63) is 54.1 Å². The third-order valence-corrected chi connectivity index (χ3v) is 1.72. The normalized spacial score (nSPS) is 9.56. The fourth-order valence-electron chi connectivity index (χ4n) is 1.04. The summed E-state index contributed by atoms with van der Waals surface area (Å²) in [7, 11) is 0. The predicted molar refractivity (Wildman–Crippen MR) is 52.2 cm³/mol. The van der Waals surface area contributed by atoms with Crippen LogP contribution in [0.5, 0.6) is 0 Å². The smallest absolute Gasteiger partial charge is 0.263 e. The molecule has 0 saturated heterocycles. The third kappa shape index (κ3) is 2.94. The lowest BCUT2D eigenvalue weighted by atomic mass is 10.2. The SMILES string of the molecule is O=C(O[N+](=O)[O-])c1cc([N+](=O)[O-])cc([N+](=O)[O-])c1. The zero-order chi connectivity index (χ0) is 13.9. The van der Waals surface area contributed by atoms with Gasteiger partial charge in [-0.2, -0.15) is 0 Å². The van der Waals surface area contributed by atoms with Crippen molar-refractivity contribution in [1.82, 2.24) is 0 Å². The number of nitro groups is 2. The molecule has 1 aromatic rings. The number of carbonyl (C=O) groups excluding carboxylic acids is 1. The maximum absolute atomic E-state index is 11.1. The van der Waals surface area contributed by atoms with E-state index in [9.17, 15) is 35.1 Å². The molecule has 0 bridgehead atoms. The predicted octanol–water partition coefficient (Wildman–Crippen LogP) is 0.851. The Balaban J connectivity index is 3.27. The number of non-ortho nitro benzene ring substituents is 2. The summed E-state index contributed by atoms with van der Waals surface area (Å²) < 4.78 is 0. The number of hydrogen-bond donors (Lipinski definition) is 0. The van der Waals surface area contributed by atoms with E-state index in [-0.39, 0.29) is 0 Å². The molecule has 0 fully saturated rings. The Hall–Kier alpha value is -3.11. The monoisotopic (exact) mass is 257 g/mol. The largest absolute Gasteiger partial charge is 0.334 e. The van der Waals surface area contributed by atoms with Crippen LogP contribution in [0.1, 0.15) is 10.4 Å². The minimum Gasteiger partial charge on any atom is -0.263 e. The lowest BCUT2D eigenvalue weighted by molar-refractivity contribution is -0.727. The zero-order valence-electron chi connectivity index (χ0n) is 8.34. The topological polar surface area (TPSA) is 156 Å². The molecule has 0 saturated carbocycles. The van der Waals surface area contributed by atoms with Crippen molar-refractivity contribution < 1.29 is 24.6 Å². The quantitative estimate of drug-likeness (QED) is 0.567. The number of hydrogen-bond acceptors (Lipinski definition) is 8. The summed E-state index contributed by atoms with van der Waals surface area (Å²) in [5.41, 5.74) is -2.16. The van der Waals surface area contributed by atoms with E-state index in [4.69, 9.17) is 0 Å². The van der Waals surface area contributed by atoms with Crippen LogP contribution in [0.2, 0.25) is 0 Å². The van der Waals surface area contributed by atoms with Gasteiger partial charge in [-0.05, 0) is 0 Å². The maximum atomic E-state index is 11.1. The van der Waals surface area contributed by atoms with Crippen LogP contribution >= 0.6 is 0 Å². The summed E-state index contributed by atoms with van der Waals surface area (Å²) >= 11 is 0. The van der Waals surface area contributed by atoms with Gasteiger partial charge in [0.1, 0.15) is 0 Å². The molecule has 11 heteroatoms. The second kappa shape index (κ2) is 4.82. The van der Waals surface area contributed by atoms with E-state index in [1.807, 2.05) is 0 Å². The summed E-state index contributed by atoms with van der Waals surface area (Å²) in [4.78, 5) is 43.5. The number of benzene rings is 1. The number of carbonyl (C=O) groups is 1. The Labute approximate surface area is 97.0 Å². The Kier molecular flexibility index (Phi) is 3.47. The van der Waals surface area contributed by atoms with Crippen LogP contribution < -0.4 is 0 Å². The number of nitrogens with zero attached hydrogens (tertiary/aromatic N) is 3. The molecule has 0 N–H and O–H groups in total. The fraction of sp³-hybridized carbons (Fsp3) is 0. The van der Waals surface area contributed by atoms with Crippen LogP contribution in [0.4, 0.5) is 11.4 Å². The molecule has 0 unspecified atom stereocenters. The second-order valence-electron chi connectivity index (χ2n) is 2.85. The Morgan fingerprint density at radius 1 is 0.944 bits per heavy atom. The molecule has 0 radical (unpaired) electrons. The number of rotatable bonds is 4. The minimum atomic E-state index is -1.54. The van der Waals surface area contributed by atoms with Gasteiger partial charge in [0.2, 0.25) is 0 Å². The van der Waals surface area contributed by atoms with Gasteiger partial charge >= 0.3 is 11.1 Å². The summed E-state index contributed by atoms with van der Waals surface area (Å²) in [6.07, 6.45) is 0. The molecular weight excluding hydrogens is 254 g/mol. The van der Waals surface area contributed by atoms with Crippen molar-refractivity contribution in [2.75, 3.05) is 0 Å². The van der Waals surface area contributed by atoms with Gasteiger partial charge in [-0.15, -0.1) is 10.1 Å². The first kappa shape index (κ1) is 13.0. The number of nitro benzene ring substituents is 2. The van der Waals surface area contributed by atoms with E-state index < -0.39 is 37.8 Å². The molecule has 0 amide bonds. The molecule has 0 heterocycles. The third-order valence-electron chi connectivity index (χ3n) is 1.72. The van der Waals surface area contributed by atoms with E-state index in [2.05, 4.69) is 4.84 Å². The van der Waals surface area contributed by atoms with Crippen LogP contribution in [0.25, 0.3) is 0 Å². The lowest BCUT2D eigenvalue weighted by Crippen LogP contribution is -2.11. The second-order valence-corrected chi connectivity index (χ2v) is 2.85. The summed E-state index contributed by atoms with van der Waals surface area (Å²) in [6, 6.07) is 1.89. The summed E-state index contributed by atoms with van der Waals surface area (Å²) in [6.45, 7) is 0. The first-order chi connectivity index (χ1) is 8.31. The highest BCUT2D eigenvalue weighted by atomic mass is 17.0. The first-order valence-corrected chi connectivity index (χ1v) is 4.12. The Bertz CT molecular complexity index is 521. The van der Waals surface area contributed by atoms with Gasteiger partial charge in [0, 0.05) is 12.1 Å². The van der Waals surface area contributed by atoms with Crippen molar-refractivity contribution >= 4 is 17.3 Å². The van der Waals surface area contributed by atoms with Crippen LogP contribution in [-0.2, 0) is 4.84 Å². The van der Waals surface area contributed by atoms with Crippen LogP contribution in [-0.4, -0.2) is 20.9 Å². The molecule has 0 aliphatic rings. The molecule has 0 aliphatic heterocycles. The Morgan fingerprint density at radius 3 is 1.72 bits per heavy atom. The molecule has 0 aromatic heterocycles. The van der Waals surface area contributed by atoms with Crippen molar-refractivity contribution in [1.29, 1.82) is 0 Å². The van der Waals surface area contributed by atoms with E-state index >= 15 is 0 Å². The van der Waals surface area contributed by atoms with Crippen molar-refractivity contribution in [3.63, 3.8) is 0 Å². The van der Waals surface area contributed by atoms with Crippen LogP contribution in [0, 0.1) is 30.3 Å². The molecule has 18 heavy (non-hydrogen) atoms. The van der Waals surface area contributed by atoms with Gasteiger partial charge in [0.25, 0.3) is 11.4 Å². The zero-order valence-corrected chi connectivity index (χ0v) is 8.34. The minimum absolute atomic E-state index is 0.614. The van der Waals surface area contributed by atoms with Gasteiger partial charge in [-0.3, -0.25) is 25.0 Å². The van der Waals surface area contributed by atoms with Crippen molar-refractivity contribution in [3.8, 4) is 0 Å². The van der Waals surface area contributed by atoms with Gasteiger partial charge < -0.3 is 0 Å². The average molecular weight is 257 g/mol. The molecule has 1 rings (SSSR count). The molecule has 1 aromatic carbocycles. The highest BCUT2D eigenvalue weighted by molar-refractivity contribution is 5.90. The van der Waals surface area contributed by atoms with Gasteiger partial charge in [-0.25, -0.2) is 4.84 Å². The molecule has 0 atom stereocenters. The lowest BCUT2D eigenvalue weighted by Gasteiger charge is -1.99. The molecule has 0 aliphatic carbocycles. The highest BCUT2D eigenvalue weighted by Gasteiger charge is 2.21. The van der Waals surface area contributed by atoms with Crippen LogP contribution in [0.15, 0.2) is 18.2 Å². The van der Waals surface area contributed by atoms with Crippen molar-refractivity contribution in [2.24, 2.45) is 0 Å². The molecule has 94 valence electrons. The molecular formula is C7H3N3O8. The average Bonchev–Trinajstić information content (AvgIpc) is 2.27. The Morgan fingerprint density at radius 2 is 1.39 bits per heavy atom. The van der Waals surface area contributed by atoms with Crippen LogP contribution in [0.3, 0.4) is 0 Å². The maximum Gasteiger partial charge on any atom is 0.334 e. The van der Waals surface area contributed by atoms with E-state index in [0.717, 1.165) is 0 Å². The van der Waals surface area contributed by atoms with Gasteiger partial charge in [-0.1, -0.05) is 0 Å². The first-order valence-electron chi connectivity index (χ1n) is 4.12. The van der Waals surface area contributed by atoms with E-state index in [1.54, 1.807) is 0 Å². The highest BCUT2D eigenvalue weighted by Crippen LogP contribution is 2.23. The van der Waals surface area contributed by atoms with Gasteiger partial charge in [0.05, 0.1) is 21.5 Å². The standard InChI is InChI=1S/C7H3N3O8/c11-7(18-10(16)17)4-1-5(8(12)13)3-6(2-4)9(14)15/h1-3H. The van der Waals surface area contributed by atoms with E-state index in [0.29, 0.717) is 18.2 Å². The van der Waals surface area contributed by atoms with E-state index in [1.165, 1.54) is 0 Å². The summed E-state index contributed by atoms with van der Waals surface area (Å²) in [5, 5.41) is 29.4. The summed E-state index contributed by atoms with van der Waals surface area (Å²) in [5.74, 6) is -1.54. The molecule has 11 nitrogen and oxygen atoms in total. The fourth-order valence-corrected chi connectivity index (χ4v) is 1.04. The van der Waals surface area contributed by atoms with Gasteiger partial charge in [0.15, 0.2) is 0 Å².